The first-order valence-electron chi connectivity index (χ1n) is 12.8. The van der Waals surface area contributed by atoms with Gasteiger partial charge in [0.15, 0.2) is 4.80 Å². The first-order valence-corrected chi connectivity index (χ1v) is 16.6. The van der Waals surface area contributed by atoms with E-state index in [-0.39, 0.29) is 18.3 Å². The van der Waals surface area contributed by atoms with Crippen LogP contribution in [0.25, 0.3) is 6.08 Å². The molecule has 0 radical (unpaired) electrons. The van der Waals surface area contributed by atoms with Crippen molar-refractivity contribution in [3.05, 3.63) is 84.0 Å². The van der Waals surface area contributed by atoms with Gasteiger partial charge in [0.2, 0.25) is 0 Å². The predicted octanol–water partition coefficient (Wildman–Crippen LogP) is 6.35. The molecule has 0 aliphatic carbocycles. The van der Waals surface area contributed by atoms with Crippen LogP contribution in [-0.4, -0.2) is 30.4 Å². The van der Waals surface area contributed by atoms with Gasteiger partial charge in [-0.05, 0) is 114 Å². The molecule has 3 aromatic rings. The topological polar surface area (TPSA) is 79.1 Å². The second-order valence-corrected chi connectivity index (χ2v) is 13.5. The second-order valence-electron chi connectivity index (χ2n) is 9.28. The molecular formula is C29H29BrI2N2O5S. The van der Waals surface area contributed by atoms with Gasteiger partial charge >= 0.3 is 5.97 Å². The molecule has 1 aromatic heterocycles. The molecule has 0 amide bonds. The summed E-state index contributed by atoms with van der Waals surface area (Å²) in [6.45, 7) is 8.00. The molecule has 212 valence electrons. The lowest BCUT2D eigenvalue weighted by molar-refractivity contribution is -0.139. The standard InChI is InChI=1S/C29H29BrI2N2O5S/c1-6-8-21-24(28(36)38-7-2)25(18-14-17(30)9-10-22(18)37-5)34-27(35)23(40-29(34)33-21)13-16-11-19(31)26(20(32)12-16)39-15(3)4/h9-15,25H,6-8H2,1-5H3/b23-13+/t25-/m0/s1. The lowest BCUT2D eigenvalue weighted by atomic mass is 9.93. The molecule has 2 heterocycles. The Morgan fingerprint density at radius 1 is 1.20 bits per heavy atom. The maximum Gasteiger partial charge on any atom is 0.338 e. The fourth-order valence-electron chi connectivity index (χ4n) is 4.50. The summed E-state index contributed by atoms with van der Waals surface area (Å²) in [5, 5.41) is 0. The van der Waals surface area contributed by atoms with Crippen LogP contribution in [0.2, 0.25) is 0 Å². The van der Waals surface area contributed by atoms with Gasteiger partial charge in [-0.15, -0.1) is 0 Å². The lowest BCUT2D eigenvalue weighted by Gasteiger charge is -2.27. The van der Waals surface area contributed by atoms with Gasteiger partial charge in [-0.1, -0.05) is 40.6 Å². The van der Waals surface area contributed by atoms with Gasteiger partial charge in [-0.3, -0.25) is 9.36 Å². The maximum atomic E-state index is 14.1. The van der Waals surface area contributed by atoms with Crippen molar-refractivity contribution in [2.24, 2.45) is 4.99 Å². The lowest BCUT2D eigenvalue weighted by Crippen LogP contribution is -2.40. The highest BCUT2D eigenvalue weighted by molar-refractivity contribution is 14.1. The summed E-state index contributed by atoms with van der Waals surface area (Å²) in [6.07, 6.45) is 3.27. The molecule has 2 aromatic carbocycles. The van der Waals surface area contributed by atoms with Crippen LogP contribution < -0.4 is 24.4 Å². The summed E-state index contributed by atoms with van der Waals surface area (Å²) >= 11 is 9.38. The predicted molar refractivity (Wildman–Crippen MR) is 178 cm³/mol. The van der Waals surface area contributed by atoms with Crippen molar-refractivity contribution in [1.82, 2.24) is 4.57 Å². The van der Waals surface area contributed by atoms with E-state index < -0.39 is 12.0 Å². The molecule has 0 fully saturated rings. The monoisotopic (exact) mass is 850 g/mol. The van der Waals surface area contributed by atoms with Crippen molar-refractivity contribution in [3.63, 3.8) is 0 Å². The second kappa shape index (κ2) is 13.5. The quantitative estimate of drug-likeness (QED) is 0.186. The van der Waals surface area contributed by atoms with Gasteiger partial charge in [0, 0.05) is 10.0 Å². The van der Waals surface area contributed by atoms with Crippen LogP contribution >= 0.6 is 72.4 Å². The number of rotatable bonds is 9. The highest BCUT2D eigenvalue weighted by Gasteiger charge is 2.36. The van der Waals surface area contributed by atoms with Crippen LogP contribution in [0, 0.1) is 7.14 Å². The number of nitrogens with zero attached hydrogens (tertiary/aromatic N) is 2. The molecule has 1 aliphatic rings. The molecule has 0 N–H and O–H groups in total. The summed E-state index contributed by atoms with van der Waals surface area (Å²) in [4.78, 5) is 32.9. The normalized spacial score (nSPS) is 15.2. The Labute approximate surface area is 272 Å². The van der Waals surface area contributed by atoms with Crippen LogP contribution in [0.5, 0.6) is 11.5 Å². The van der Waals surface area contributed by atoms with E-state index in [1.165, 1.54) is 11.3 Å². The number of benzene rings is 2. The van der Waals surface area contributed by atoms with E-state index in [2.05, 4.69) is 61.1 Å². The zero-order valence-electron chi connectivity index (χ0n) is 22.7. The molecule has 0 saturated carbocycles. The van der Waals surface area contributed by atoms with Crippen LogP contribution in [0.3, 0.4) is 0 Å². The van der Waals surface area contributed by atoms with E-state index in [0.29, 0.717) is 38.3 Å². The molecule has 11 heteroatoms. The minimum atomic E-state index is -0.756. The molecule has 4 rings (SSSR count). The highest BCUT2D eigenvalue weighted by atomic mass is 127. The molecule has 40 heavy (non-hydrogen) atoms. The van der Waals surface area contributed by atoms with Crippen molar-refractivity contribution in [2.75, 3.05) is 13.7 Å². The molecular weight excluding hydrogens is 822 g/mol. The first kappa shape index (κ1) is 31.2. The smallest absolute Gasteiger partial charge is 0.338 e. The Bertz CT molecular complexity index is 1640. The average molecular weight is 851 g/mol. The first-order chi connectivity index (χ1) is 19.1. The number of fused-ring (bicyclic) bond motifs is 1. The Balaban J connectivity index is 2.00. The maximum absolute atomic E-state index is 14.1. The zero-order chi connectivity index (χ0) is 29.1. The van der Waals surface area contributed by atoms with Crippen LogP contribution in [-0.2, 0) is 9.53 Å². The number of carbonyl (C=O) groups excluding carboxylic acids is 1. The van der Waals surface area contributed by atoms with E-state index >= 15 is 0 Å². The van der Waals surface area contributed by atoms with Crippen LogP contribution in [0.1, 0.15) is 57.7 Å². The summed E-state index contributed by atoms with van der Waals surface area (Å²) in [5.41, 5.74) is 2.31. The molecule has 0 unspecified atom stereocenters. The van der Waals surface area contributed by atoms with Gasteiger partial charge in [0.25, 0.3) is 5.56 Å². The van der Waals surface area contributed by atoms with Crippen LogP contribution in [0.4, 0.5) is 0 Å². The number of thiazole rings is 1. The van der Waals surface area contributed by atoms with Gasteiger partial charge in [0.1, 0.15) is 17.5 Å². The van der Waals surface area contributed by atoms with Gasteiger partial charge in [-0.25, -0.2) is 9.79 Å². The van der Waals surface area contributed by atoms with Crippen molar-refractivity contribution < 1.29 is 19.0 Å². The highest BCUT2D eigenvalue weighted by Crippen LogP contribution is 2.38. The van der Waals surface area contributed by atoms with E-state index in [4.69, 9.17) is 19.2 Å². The molecule has 0 bridgehead atoms. The van der Waals surface area contributed by atoms with E-state index in [0.717, 1.165) is 29.3 Å². The van der Waals surface area contributed by atoms with E-state index in [1.54, 1.807) is 18.6 Å². The fourth-order valence-corrected chi connectivity index (χ4v) is 7.97. The number of hydrogen-bond acceptors (Lipinski definition) is 7. The molecule has 1 atom stereocenters. The third-order valence-electron chi connectivity index (χ3n) is 6.05. The molecule has 7 nitrogen and oxygen atoms in total. The number of ether oxygens (including phenoxy) is 3. The Kier molecular flexibility index (Phi) is 10.5. The number of aromatic nitrogens is 1. The molecule has 0 spiro atoms. The number of hydrogen-bond donors (Lipinski definition) is 0. The van der Waals surface area contributed by atoms with Crippen molar-refractivity contribution >= 4 is 84.5 Å². The van der Waals surface area contributed by atoms with Gasteiger partial charge < -0.3 is 14.2 Å². The minimum absolute atomic E-state index is 0.0532. The summed E-state index contributed by atoms with van der Waals surface area (Å²) < 4.78 is 22.0. The van der Waals surface area contributed by atoms with E-state index in [9.17, 15) is 9.59 Å². The minimum Gasteiger partial charge on any atom is -0.496 e. The third kappa shape index (κ3) is 6.51. The zero-order valence-corrected chi connectivity index (χ0v) is 29.4. The number of methoxy groups -OCH3 is 1. The van der Waals surface area contributed by atoms with Gasteiger partial charge in [0.05, 0.1) is 42.8 Å². The number of esters is 1. The van der Waals surface area contributed by atoms with Crippen molar-refractivity contribution in [1.29, 1.82) is 0 Å². The average Bonchev–Trinajstić information content (AvgIpc) is 3.20. The SMILES string of the molecule is CCCC1=C(C(=O)OCC)[C@H](c2cc(Br)ccc2OC)n2c(s/c(=C/c3cc(I)c(OC(C)C)c(I)c3)c2=O)=N1. The summed E-state index contributed by atoms with van der Waals surface area (Å²) in [7, 11) is 1.58. The number of halogens is 3. The van der Waals surface area contributed by atoms with E-state index in [1.807, 2.05) is 57.2 Å². The summed E-state index contributed by atoms with van der Waals surface area (Å²) in [6, 6.07) is 8.81. The fraction of sp³-hybridized carbons (Fsp3) is 0.345. The largest absolute Gasteiger partial charge is 0.496 e. The number of allylic oxidation sites excluding steroid dienone is 1. The third-order valence-corrected chi connectivity index (χ3v) is 9.13. The Hall–Kier alpha value is -1.71. The summed E-state index contributed by atoms with van der Waals surface area (Å²) in [5.74, 6) is 0.910. The van der Waals surface area contributed by atoms with Crippen molar-refractivity contribution in [3.8, 4) is 11.5 Å². The molecule has 0 saturated heterocycles. The van der Waals surface area contributed by atoms with Gasteiger partial charge in [-0.2, -0.15) is 0 Å². The Morgan fingerprint density at radius 3 is 2.50 bits per heavy atom. The van der Waals surface area contributed by atoms with Crippen molar-refractivity contribution in [2.45, 2.75) is 52.7 Å². The Morgan fingerprint density at radius 2 is 1.90 bits per heavy atom. The number of carbonyl (C=O) groups is 1. The molecule has 1 aliphatic heterocycles. The van der Waals surface area contributed by atoms with Crippen LogP contribution in [0.15, 0.2) is 55.9 Å².